The lowest BCUT2D eigenvalue weighted by molar-refractivity contribution is -0.117. The van der Waals surface area contributed by atoms with E-state index >= 15 is 0 Å². The molecule has 1 aromatic rings. The highest BCUT2D eigenvalue weighted by Gasteiger charge is 2.29. The van der Waals surface area contributed by atoms with Crippen LogP contribution in [0, 0.1) is 5.92 Å². The number of benzene rings is 1. The van der Waals surface area contributed by atoms with Crippen molar-refractivity contribution in [2.45, 2.75) is 6.42 Å². The number of morpholine rings is 1. The second-order valence-corrected chi connectivity index (χ2v) is 5.43. The highest BCUT2D eigenvalue weighted by Crippen LogP contribution is 2.28. The van der Waals surface area contributed by atoms with E-state index in [4.69, 9.17) is 10.5 Å². The molecular weight excluding hydrogens is 254 g/mol. The van der Waals surface area contributed by atoms with Crippen LogP contribution >= 0.6 is 0 Å². The zero-order chi connectivity index (χ0) is 13.9. The van der Waals surface area contributed by atoms with Gasteiger partial charge in [-0.05, 0) is 30.7 Å². The Balaban J connectivity index is 1.78. The van der Waals surface area contributed by atoms with Crippen molar-refractivity contribution in [2.75, 3.05) is 49.2 Å². The van der Waals surface area contributed by atoms with Crippen molar-refractivity contribution in [3.8, 4) is 0 Å². The zero-order valence-corrected chi connectivity index (χ0v) is 11.6. The van der Waals surface area contributed by atoms with Crippen molar-refractivity contribution in [1.82, 2.24) is 0 Å². The Morgan fingerprint density at radius 2 is 2.00 bits per heavy atom. The summed E-state index contributed by atoms with van der Waals surface area (Å²) < 4.78 is 5.38. The topological polar surface area (TPSA) is 58.8 Å². The molecule has 3 rings (SSSR count). The number of rotatable bonds is 3. The molecule has 0 bridgehead atoms. The lowest BCUT2D eigenvalue weighted by Gasteiger charge is -2.29. The van der Waals surface area contributed by atoms with E-state index in [1.807, 2.05) is 17.0 Å². The van der Waals surface area contributed by atoms with E-state index < -0.39 is 0 Å². The molecule has 2 N–H and O–H groups in total. The van der Waals surface area contributed by atoms with Crippen LogP contribution in [0.1, 0.15) is 6.42 Å². The van der Waals surface area contributed by atoms with Crippen LogP contribution in [-0.2, 0) is 9.53 Å². The third-order valence-electron chi connectivity index (χ3n) is 4.06. The third-order valence-corrected chi connectivity index (χ3v) is 4.06. The molecule has 1 amide bonds. The molecule has 0 aliphatic carbocycles. The monoisotopic (exact) mass is 275 g/mol. The quantitative estimate of drug-likeness (QED) is 0.888. The molecule has 108 valence electrons. The largest absolute Gasteiger partial charge is 0.378 e. The number of carbonyl (C=O) groups is 1. The van der Waals surface area contributed by atoms with Gasteiger partial charge >= 0.3 is 0 Å². The van der Waals surface area contributed by atoms with E-state index in [1.54, 1.807) is 0 Å². The predicted octanol–water partition coefficient (Wildman–Crippen LogP) is 0.835. The summed E-state index contributed by atoms with van der Waals surface area (Å²) in [6, 6.07) is 8.21. The Kier molecular flexibility index (Phi) is 3.89. The lowest BCUT2D eigenvalue weighted by Crippen LogP contribution is -2.36. The summed E-state index contributed by atoms with van der Waals surface area (Å²) >= 11 is 0. The SMILES string of the molecule is NCC1CC(=O)N(c2cccc(N3CCOCC3)c2)C1. The van der Waals surface area contributed by atoms with Crippen LogP contribution < -0.4 is 15.5 Å². The molecule has 0 spiro atoms. The zero-order valence-electron chi connectivity index (χ0n) is 11.6. The molecule has 2 heterocycles. The molecule has 0 aromatic heterocycles. The van der Waals surface area contributed by atoms with Gasteiger partial charge in [-0.25, -0.2) is 0 Å². The van der Waals surface area contributed by atoms with Gasteiger partial charge in [0, 0.05) is 37.4 Å². The highest BCUT2D eigenvalue weighted by atomic mass is 16.5. The van der Waals surface area contributed by atoms with Crippen LogP contribution in [0.25, 0.3) is 0 Å². The number of ether oxygens (including phenoxy) is 1. The van der Waals surface area contributed by atoms with Gasteiger partial charge in [0.05, 0.1) is 13.2 Å². The first-order chi connectivity index (χ1) is 9.78. The van der Waals surface area contributed by atoms with Crippen LogP contribution in [0.15, 0.2) is 24.3 Å². The number of hydrogen-bond donors (Lipinski definition) is 1. The first-order valence-corrected chi connectivity index (χ1v) is 7.21. The fourth-order valence-corrected chi connectivity index (χ4v) is 2.87. The summed E-state index contributed by atoms with van der Waals surface area (Å²) in [6.45, 7) is 4.66. The van der Waals surface area contributed by atoms with Crippen molar-refractivity contribution in [3.05, 3.63) is 24.3 Å². The van der Waals surface area contributed by atoms with Gasteiger partial charge in [0.25, 0.3) is 0 Å². The maximum absolute atomic E-state index is 12.1. The Bertz CT molecular complexity index is 486. The van der Waals surface area contributed by atoms with Crippen LogP contribution in [-0.4, -0.2) is 45.3 Å². The summed E-state index contributed by atoms with van der Waals surface area (Å²) in [5.41, 5.74) is 7.83. The first-order valence-electron chi connectivity index (χ1n) is 7.21. The average molecular weight is 275 g/mol. The first kappa shape index (κ1) is 13.4. The van der Waals surface area contributed by atoms with Gasteiger partial charge in [-0.3, -0.25) is 4.79 Å². The van der Waals surface area contributed by atoms with Crippen LogP contribution in [0.2, 0.25) is 0 Å². The van der Waals surface area contributed by atoms with E-state index in [1.165, 1.54) is 0 Å². The van der Waals surface area contributed by atoms with Crippen molar-refractivity contribution in [1.29, 1.82) is 0 Å². The van der Waals surface area contributed by atoms with Gasteiger partial charge in [0.2, 0.25) is 5.91 Å². The van der Waals surface area contributed by atoms with Gasteiger partial charge in [-0.15, -0.1) is 0 Å². The van der Waals surface area contributed by atoms with Gasteiger partial charge in [-0.2, -0.15) is 0 Å². The minimum absolute atomic E-state index is 0.180. The maximum Gasteiger partial charge on any atom is 0.227 e. The molecule has 1 unspecified atom stereocenters. The number of nitrogens with zero attached hydrogens (tertiary/aromatic N) is 2. The molecule has 2 aliphatic rings. The molecule has 2 saturated heterocycles. The van der Waals surface area contributed by atoms with E-state index in [0.29, 0.717) is 13.0 Å². The van der Waals surface area contributed by atoms with E-state index in [0.717, 1.165) is 44.2 Å². The smallest absolute Gasteiger partial charge is 0.227 e. The normalized spacial score (nSPS) is 23.4. The maximum atomic E-state index is 12.1. The lowest BCUT2D eigenvalue weighted by atomic mass is 10.1. The Morgan fingerprint density at radius 1 is 1.25 bits per heavy atom. The van der Waals surface area contributed by atoms with Crippen LogP contribution in [0.3, 0.4) is 0 Å². The number of amides is 1. The Labute approximate surface area is 119 Å². The summed E-state index contributed by atoms with van der Waals surface area (Å²) in [7, 11) is 0. The van der Waals surface area contributed by atoms with E-state index in [2.05, 4.69) is 17.0 Å². The molecule has 5 heteroatoms. The van der Waals surface area contributed by atoms with Crippen molar-refractivity contribution in [3.63, 3.8) is 0 Å². The van der Waals surface area contributed by atoms with Gasteiger partial charge in [0.15, 0.2) is 0 Å². The Hall–Kier alpha value is -1.59. The summed E-state index contributed by atoms with van der Waals surface area (Å²) in [5.74, 6) is 0.467. The number of nitrogens with two attached hydrogens (primary N) is 1. The van der Waals surface area contributed by atoms with Crippen LogP contribution in [0.5, 0.6) is 0 Å². The molecule has 5 nitrogen and oxygen atoms in total. The van der Waals surface area contributed by atoms with Gasteiger partial charge < -0.3 is 20.3 Å². The fraction of sp³-hybridized carbons (Fsp3) is 0.533. The molecule has 2 aliphatic heterocycles. The van der Waals surface area contributed by atoms with Crippen molar-refractivity contribution < 1.29 is 9.53 Å². The third kappa shape index (κ3) is 2.64. The molecular formula is C15H21N3O2. The van der Waals surface area contributed by atoms with Crippen molar-refractivity contribution >= 4 is 17.3 Å². The van der Waals surface area contributed by atoms with Crippen molar-refractivity contribution in [2.24, 2.45) is 11.7 Å². The standard InChI is InChI=1S/C15H21N3O2/c16-10-12-8-15(19)18(11-12)14-3-1-2-13(9-14)17-4-6-20-7-5-17/h1-3,9,12H,4-8,10-11,16H2. The number of hydrogen-bond acceptors (Lipinski definition) is 4. The molecule has 0 radical (unpaired) electrons. The summed E-state index contributed by atoms with van der Waals surface area (Å²) in [5, 5.41) is 0. The fourth-order valence-electron chi connectivity index (χ4n) is 2.87. The molecule has 20 heavy (non-hydrogen) atoms. The highest BCUT2D eigenvalue weighted by molar-refractivity contribution is 5.96. The van der Waals surface area contributed by atoms with Gasteiger partial charge in [0.1, 0.15) is 0 Å². The number of anilines is 2. The van der Waals surface area contributed by atoms with E-state index in [9.17, 15) is 4.79 Å². The summed E-state index contributed by atoms with van der Waals surface area (Å²) in [4.78, 5) is 16.2. The predicted molar refractivity (Wildman–Crippen MR) is 79.0 cm³/mol. The molecule has 1 aromatic carbocycles. The second kappa shape index (κ2) is 5.81. The minimum atomic E-state index is 0.180. The average Bonchev–Trinajstić information content (AvgIpc) is 2.89. The number of carbonyl (C=O) groups excluding carboxylic acids is 1. The second-order valence-electron chi connectivity index (χ2n) is 5.43. The summed E-state index contributed by atoms with van der Waals surface area (Å²) in [6.07, 6.45) is 0.568. The minimum Gasteiger partial charge on any atom is -0.378 e. The molecule has 1 atom stereocenters. The van der Waals surface area contributed by atoms with E-state index in [-0.39, 0.29) is 11.8 Å². The Morgan fingerprint density at radius 3 is 2.70 bits per heavy atom. The van der Waals surface area contributed by atoms with Crippen LogP contribution in [0.4, 0.5) is 11.4 Å². The van der Waals surface area contributed by atoms with Gasteiger partial charge in [-0.1, -0.05) is 6.07 Å². The molecule has 0 saturated carbocycles. The molecule has 2 fully saturated rings.